The van der Waals surface area contributed by atoms with Crippen LogP contribution >= 0.6 is 0 Å². The van der Waals surface area contributed by atoms with E-state index >= 15 is 0 Å². The van der Waals surface area contributed by atoms with Gasteiger partial charge >= 0.3 is 11.9 Å². The van der Waals surface area contributed by atoms with E-state index in [4.69, 9.17) is 24.4 Å². The fourth-order valence-electron chi connectivity index (χ4n) is 1.93. The molecule has 0 radical (unpaired) electrons. The number of aromatic carboxylic acids is 2. The summed E-state index contributed by atoms with van der Waals surface area (Å²) in [5, 5.41) is 18.1. The molecule has 7 heteroatoms. The molecule has 2 N–H and O–H groups in total. The highest BCUT2D eigenvalue weighted by Gasteiger charge is 2.17. The molecule has 0 saturated carbocycles. The Hall–Kier alpha value is -3.22. The summed E-state index contributed by atoms with van der Waals surface area (Å²) in [6, 6.07) is 8.54. The lowest BCUT2D eigenvalue weighted by Crippen LogP contribution is -2.07. The number of ether oxygens (including phenoxy) is 3. The molecule has 0 bridgehead atoms. The van der Waals surface area contributed by atoms with Crippen LogP contribution in [0.15, 0.2) is 36.4 Å². The standard InChI is InChI=1S/C16H14O7/c1-21-10-5-11(22-2)7-12(6-10)23-9-3-4-13(15(17)18)14(8-9)16(19)20/h3-8H,1-2H3,(H,17,18)(H,19,20). The quantitative estimate of drug-likeness (QED) is 0.844. The molecule has 2 aromatic carbocycles. The van der Waals surface area contributed by atoms with Gasteiger partial charge in [-0.2, -0.15) is 0 Å². The van der Waals surface area contributed by atoms with E-state index in [2.05, 4.69) is 0 Å². The summed E-state index contributed by atoms with van der Waals surface area (Å²) in [6.07, 6.45) is 0. The van der Waals surface area contributed by atoms with E-state index in [-0.39, 0.29) is 16.9 Å². The summed E-state index contributed by atoms with van der Waals surface area (Å²) in [4.78, 5) is 22.2. The fraction of sp³-hybridized carbons (Fsp3) is 0.125. The van der Waals surface area contributed by atoms with Gasteiger partial charge in [-0.3, -0.25) is 0 Å². The van der Waals surface area contributed by atoms with Crippen molar-refractivity contribution in [3.05, 3.63) is 47.5 Å². The van der Waals surface area contributed by atoms with Gasteiger partial charge in [-0.25, -0.2) is 9.59 Å². The van der Waals surface area contributed by atoms with Crippen molar-refractivity contribution >= 4 is 11.9 Å². The number of carbonyl (C=O) groups is 2. The highest BCUT2D eigenvalue weighted by Crippen LogP contribution is 2.31. The average molecular weight is 318 g/mol. The van der Waals surface area contributed by atoms with Gasteiger partial charge in [-0.1, -0.05) is 0 Å². The van der Waals surface area contributed by atoms with Crippen molar-refractivity contribution in [3.8, 4) is 23.0 Å². The van der Waals surface area contributed by atoms with Crippen molar-refractivity contribution in [2.75, 3.05) is 14.2 Å². The first-order valence-electron chi connectivity index (χ1n) is 6.46. The van der Waals surface area contributed by atoms with Crippen LogP contribution in [0.2, 0.25) is 0 Å². The zero-order chi connectivity index (χ0) is 17.0. The minimum atomic E-state index is -1.35. The summed E-state index contributed by atoms with van der Waals surface area (Å²) in [7, 11) is 2.98. The molecule has 0 unspecified atom stereocenters. The summed E-state index contributed by atoms with van der Waals surface area (Å²) in [6.45, 7) is 0. The molecule has 0 spiro atoms. The van der Waals surface area contributed by atoms with Crippen LogP contribution in [0.1, 0.15) is 20.7 Å². The second-order valence-corrected chi connectivity index (χ2v) is 4.47. The van der Waals surface area contributed by atoms with E-state index in [9.17, 15) is 9.59 Å². The Balaban J connectivity index is 2.39. The summed E-state index contributed by atoms with van der Waals surface area (Å²) < 4.78 is 15.8. The molecule has 0 atom stereocenters. The van der Waals surface area contributed by atoms with Crippen molar-refractivity contribution in [1.82, 2.24) is 0 Å². The van der Waals surface area contributed by atoms with E-state index < -0.39 is 11.9 Å². The molecule has 2 rings (SSSR count). The third-order valence-electron chi connectivity index (χ3n) is 3.01. The first kappa shape index (κ1) is 16.2. The monoisotopic (exact) mass is 318 g/mol. The van der Waals surface area contributed by atoms with Crippen LogP contribution in [0, 0.1) is 0 Å². The predicted molar refractivity (Wildman–Crippen MR) is 80.0 cm³/mol. The highest BCUT2D eigenvalue weighted by molar-refractivity contribution is 6.02. The lowest BCUT2D eigenvalue weighted by molar-refractivity contribution is 0.0651. The molecule has 0 fully saturated rings. The summed E-state index contributed by atoms with van der Waals surface area (Å²) in [5.74, 6) is -1.13. The number of carboxylic acids is 2. The minimum Gasteiger partial charge on any atom is -0.496 e. The molecular weight excluding hydrogens is 304 g/mol. The number of benzene rings is 2. The van der Waals surface area contributed by atoms with Crippen LogP contribution in [0.5, 0.6) is 23.0 Å². The maximum atomic E-state index is 11.2. The Bertz CT molecular complexity index is 730. The molecule has 0 aromatic heterocycles. The van der Waals surface area contributed by atoms with Gasteiger partial charge in [0.05, 0.1) is 25.3 Å². The van der Waals surface area contributed by atoms with Crippen LogP contribution < -0.4 is 14.2 Å². The van der Waals surface area contributed by atoms with Gasteiger partial charge < -0.3 is 24.4 Å². The van der Waals surface area contributed by atoms with Crippen LogP contribution in [0.25, 0.3) is 0 Å². The van der Waals surface area contributed by atoms with E-state index in [0.717, 1.165) is 6.07 Å². The minimum absolute atomic E-state index is 0.183. The van der Waals surface area contributed by atoms with Crippen molar-refractivity contribution in [2.24, 2.45) is 0 Å². The third kappa shape index (κ3) is 3.70. The van der Waals surface area contributed by atoms with E-state index in [0.29, 0.717) is 17.2 Å². The molecule has 0 aliphatic heterocycles. The van der Waals surface area contributed by atoms with Gasteiger partial charge in [-0.05, 0) is 18.2 Å². The SMILES string of the molecule is COc1cc(OC)cc(Oc2ccc(C(=O)O)c(C(=O)O)c2)c1. The molecule has 0 saturated heterocycles. The maximum absolute atomic E-state index is 11.2. The molecule has 0 amide bonds. The smallest absolute Gasteiger partial charge is 0.336 e. The first-order chi connectivity index (χ1) is 10.9. The molecule has 0 aliphatic rings. The number of carboxylic acid groups (broad SMARTS) is 2. The normalized spacial score (nSPS) is 10.0. The molecule has 0 heterocycles. The lowest BCUT2D eigenvalue weighted by Gasteiger charge is -2.11. The zero-order valence-corrected chi connectivity index (χ0v) is 12.4. The van der Waals surface area contributed by atoms with Crippen molar-refractivity contribution < 1.29 is 34.0 Å². The van der Waals surface area contributed by atoms with Crippen molar-refractivity contribution in [2.45, 2.75) is 0 Å². The average Bonchev–Trinajstić information content (AvgIpc) is 2.54. The molecule has 2 aromatic rings. The number of hydrogen-bond donors (Lipinski definition) is 2. The first-order valence-corrected chi connectivity index (χ1v) is 6.46. The maximum Gasteiger partial charge on any atom is 0.336 e. The molecule has 7 nitrogen and oxygen atoms in total. The van der Waals surface area contributed by atoms with Crippen molar-refractivity contribution in [3.63, 3.8) is 0 Å². The topological polar surface area (TPSA) is 102 Å². The van der Waals surface area contributed by atoms with Crippen LogP contribution in [0.4, 0.5) is 0 Å². The van der Waals surface area contributed by atoms with Gasteiger partial charge in [0.25, 0.3) is 0 Å². The number of hydrogen-bond acceptors (Lipinski definition) is 5. The molecule has 120 valence electrons. The molecular formula is C16H14O7. The largest absolute Gasteiger partial charge is 0.496 e. The Kier molecular flexibility index (Phi) is 4.70. The molecule has 0 aliphatic carbocycles. The Labute approximate surface area is 131 Å². The van der Waals surface area contributed by atoms with Crippen LogP contribution in [0.3, 0.4) is 0 Å². The lowest BCUT2D eigenvalue weighted by atomic mass is 10.1. The summed E-state index contributed by atoms with van der Waals surface area (Å²) in [5.41, 5.74) is -0.669. The van der Waals surface area contributed by atoms with Gasteiger partial charge in [-0.15, -0.1) is 0 Å². The Morgan fingerprint density at radius 1 is 0.739 bits per heavy atom. The second kappa shape index (κ2) is 6.69. The van der Waals surface area contributed by atoms with Crippen LogP contribution in [-0.4, -0.2) is 36.4 Å². The third-order valence-corrected chi connectivity index (χ3v) is 3.01. The van der Waals surface area contributed by atoms with Gasteiger partial charge in [0.1, 0.15) is 23.0 Å². The predicted octanol–water partition coefficient (Wildman–Crippen LogP) is 2.89. The van der Waals surface area contributed by atoms with E-state index in [1.807, 2.05) is 0 Å². The van der Waals surface area contributed by atoms with Gasteiger partial charge in [0.15, 0.2) is 0 Å². The number of methoxy groups -OCH3 is 2. The summed E-state index contributed by atoms with van der Waals surface area (Å²) >= 11 is 0. The van der Waals surface area contributed by atoms with Gasteiger partial charge in [0, 0.05) is 18.2 Å². The fourth-order valence-corrected chi connectivity index (χ4v) is 1.93. The Morgan fingerprint density at radius 2 is 1.26 bits per heavy atom. The zero-order valence-electron chi connectivity index (χ0n) is 12.4. The van der Waals surface area contributed by atoms with E-state index in [1.165, 1.54) is 26.4 Å². The van der Waals surface area contributed by atoms with Crippen molar-refractivity contribution in [1.29, 1.82) is 0 Å². The molecule has 23 heavy (non-hydrogen) atoms. The highest BCUT2D eigenvalue weighted by atomic mass is 16.5. The van der Waals surface area contributed by atoms with Gasteiger partial charge in [0.2, 0.25) is 0 Å². The number of rotatable bonds is 6. The van der Waals surface area contributed by atoms with E-state index in [1.54, 1.807) is 18.2 Å². The van der Waals surface area contributed by atoms with Crippen LogP contribution in [-0.2, 0) is 0 Å². The second-order valence-electron chi connectivity index (χ2n) is 4.47. The Morgan fingerprint density at radius 3 is 1.74 bits per heavy atom.